The Hall–Kier alpha value is -3.12. The summed E-state index contributed by atoms with van der Waals surface area (Å²) in [5, 5.41) is 26.2. The molecule has 2 aromatic rings. The summed E-state index contributed by atoms with van der Waals surface area (Å²) in [7, 11) is 0. The molecular weight excluding hydrogens is 380 g/mol. The summed E-state index contributed by atoms with van der Waals surface area (Å²) in [6, 6.07) is 7.63. The number of halogens is 1. The molecule has 28 heavy (non-hydrogen) atoms. The number of piperazine rings is 1. The minimum absolute atomic E-state index is 0.216. The normalized spacial score (nSPS) is 14.7. The number of carbonyl (C=O) groups is 1. The SMILES string of the molecule is CCCC(=O)N1CCN(c2ccc(NC=C(C#N)c3nn[nH]n3)cc2Cl)CC1. The van der Waals surface area contributed by atoms with Gasteiger partial charge in [-0.25, -0.2) is 0 Å². The van der Waals surface area contributed by atoms with Crippen molar-refractivity contribution in [3.05, 3.63) is 35.2 Å². The molecule has 10 heteroatoms. The number of aromatic amines is 1. The van der Waals surface area contributed by atoms with Gasteiger partial charge >= 0.3 is 0 Å². The number of nitrogens with zero attached hydrogens (tertiary/aromatic N) is 6. The molecule has 1 aromatic carbocycles. The second-order valence-electron chi connectivity index (χ2n) is 6.33. The van der Waals surface area contributed by atoms with Gasteiger partial charge in [-0.1, -0.05) is 18.5 Å². The van der Waals surface area contributed by atoms with Gasteiger partial charge in [0.05, 0.1) is 10.7 Å². The van der Waals surface area contributed by atoms with E-state index in [2.05, 4.69) is 30.8 Å². The third-order valence-corrected chi connectivity index (χ3v) is 4.78. The minimum Gasteiger partial charge on any atom is -0.367 e. The molecule has 1 fully saturated rings. The van der Waals surface area contributed by atoms with Gasteiger partial charge in [0.15, 0.2) is 0 Å². The summed E-state index contributed by atoms with van der Waals surface area (Å²) in [4.78, 5) is 16.1. The lowest BCUT2D eigenvalue weighted by Gasteiger charge is -2.36. The fourth-order valence-corrected chi connectivity index (χ4v) is 3.30. The van der Waals surface area contributed by atoms with E-state index in [4.69, 9.17) is 11.6 Å². The number of amides is 1. The summed E-state index contributed by atoms with van der Waals surface area (Å²) < 4.78 is 0. The van der Waals surface area contributed by atoms with Crippen molar-refractivity contribution in [3.8, 4) is 6.07 Å². The number of rotatable bonds is 6. The van der Waals surface area contributed by atoms with Gasteiger partial charge < -0.3 is 15.1 Å². The molecule has 3 rings (SSSR count). The summed E-state index contributed by atoms with van der Waals surface area (Å²) in [6.07, 6.45) is 2.98. The first-order valence-corrected chi connectivity index (χ1v) is 9.43. The van der Waals surface area contributed by atoms with E-state index in [1.165, 1.54) is 6.20 Å². The molecule has 0 spiro atoms. The monoisotopic (exact) mass is 400 g/mol. The van der Waals surface area contributed by atoms with E-state index in [9.17, 15) is 10.1 Å². The average molecular weight is 401 g/mol. The highest BCUT2D eigenvalue weighted by Crippen LogP contribution is 2.30. The van der Waals surface area contributed by atoms with Crippen LogP contribution in [-0.4, -0.2) is 57.6 Å². The van der Waals surface area contributed by atoms with E-state index in [1.807, 2.05) is 30.0 Å². The first kappa shape index (κ1) is 19.6. The van der Waals surface area contributed by atoms with E-state index in [0.717, 1.165) is 30.9 Å². The standard InChI is InChI=1S/C18H21ClN8O/c1-2-3-17(28)27-8-6-26(7-9-27)16-5-4-14(10-15(16)19)21-12-13(11-20)18-22-24-25-23-18/h4-5,10,12,21H,2-3,6-9H2,1H3,(H,22,23,24,25). The number of nitrogens with one attached hydrogen (secondary N) is 2. The molecule has 9 nitrogen and oxygen atoms in total. The van der Waals surface area contributed by atoms with Crippen LogP contribution in [0, 0.1) is 11.3 Å². The molecule has 1 aliphatic rings. The second kappa shape index (κ2) is 9.19. The molecule has 1 saturated heterocycles. The zero-order chi connectivity index (χ0) is 19.9. The molecule has 0 aliphatic carbocycles. The van der Waals surface area contributed by atoms with Crippen LogP contribution < -0.4 is 10.2 Å². The Balaban J connectivity index is 1.63. The van der Waals surface area contributed by atoms with E-state index in [1.54, 1.807) is 6.07 Å². The van der Waals surface area contributed by atoms with Gasteiger partial charge in [0.2, 0.25) is 11.7 Å². The lowest BCUT2D eigenvalue weighted by Crippen LogP contribution is -2.48. The van der Waals surface area contributed by atoms with Crippen molar-refractivity contribution < 1.29 is 4.79 Å². The van der Waals surface area contributed by atoms with Crippen molar-refractivity contribution in [1.82, 2.24) is 25.5 Å². The van der Waals surface area contributed by atoms with Crippen molar-refractivity contribution in [2.75, 3.05) is 36.4 Å². The van der Waals surface area contributed by atoms with Crippen LogP contribution in [0.5, 0.6) is 0 Å². The zero-order valence-corrected chi connectivity index (χ0v) is 16.3. The van der Waals surface area contributed by atoms with E-state index < -0.39 is 0 Å². The number of hydrogen-bond donors (Lipinski definition) is 2. The number of tetrazole rings is 1. The molecule has 1 aliphatic heterocycles. The third kappa shape index (κ3) is 4.58. The lowest BCUT2D eigenvalue weighted by molar-refractivity contribution is -0.131. The van der Waals surface area contributed by atoms with E-state index >= 15 is 0 Å². The molecule has 146 valence electrons. The number of aromatic nitrogens is 4. The summed E-state index contributed by atoms with van der Waals surface area (Å²) in [5.74, 6) is 0.433. The fourth-order valence-electron chi connectivity index (χ4n) is 3.00. The maximum atomic E-state index is 12.0. The van der Waals surface area contributed by atoms with Gasteiger partial charge in [-0.3, -0.25) is 4.79 Å². The molecule has 1 amide bonds. The Kier molecular flexibility index (Phi) is 6.45. The Morgan fingerprint density at radius 1 is 1.39 bits per heavy atom. The molecule has 0 radical (unpaired) electrons. The molecule has 0 atom stereocenters. The number of hydrogen-bond acceptors (Lipinski definition) is 7. The largest absolute Gasteiger partial charge is 0.367 e. The van der Waals surface area contributed by atoms with Gasteiger partial charge in [-0.15, -0.1) is 10.2 Å². The highest BCUT2D eigenvalue weighted by atomic mass is 35.5. The van der Waals surface area contributed by atoms with Gasteiger partial charge in [0.25, 0.3) is 0 Å². The first-order valence-electron chi connectivity index (χ1n) is 9.05. The minimum atomic E-state index is 0.216. The number of carbonyl (C=O) groups excluding carboxylic acids is 1. The van der Waals surface area contributed by atoms with Crippen LogP contribution in [0.3, 0.4) is 0 Å². The molecule has 0 bridgehead atoms. The highest BCUT2D eigenvalue weighted by Gasteiger charge is 2.21. The fraction of sp³-hybridized carbons (Fsp3) is 0.389. The number of nitriles is 1. The smallest absolute Gasteiger partial charge is 0.222 e. The Bertz CT molecular complexity index is 881. The number of benzene rings is 1. The van der Waals surface area contributed by atoms with Crippen molar-refractivity contribution in [3.63, 3.8) is 0 Å². The molecule has 2 heterocycles. The Morgan fingerprint density at radius 2 is 2.18 bits per heavy atom. The first-order chi connectivity index (χ1) is 13.6. The lowest BCUT2D eigenvalue weighted by atomic mass is 10.2. The van der Waals surface area contributed by atoms with Crippen molar-refractivity contribution in [1.29, 1.82) is 5.26 Å². The maximum Gasteiger partial charge on any atom is 0.222 e. The van der Waals surface area contributed by atoms with Gasteiger partial charge in [-0.2, -0.15) is 10.5 Å². The quantitative estimate of drug-likeness (QED) is 0.715. The van der Waals surface area contributed by atoms with Crippen LogP contribution in [0.25, 0.3) is 5.57 Å². The second-order valence-corrected chi connectivity index (χ2v) is 6.74. The predicted octanol–water partition coefficient (Wildman–Crippen LogP) is 2.28. The van der Waals surface area contributed by atoms with Gasteiger partial charge in [0.1, 0.15) is 11.6 Å². The van der Waals surface area contributed by atoms with Gasteiger partial charge in [-0.05, 0) is 29.8 Å². The van der Waals surface area contributed by atoms with Crippen molar-refractivity contribution >= 4 is 34.5 Å². The van der Waals surface area contributed by atoms with Crippen LogP contribution in [0.2, 0.25) is 5.02 Å². The van der Waals surface area contributed by atoms with Crippen LogP contribution in [0.4, 0.5) is 11.4 Å². The topological polar surface area (TPSA) is 114 Å². The van der Waals surface area contributed by atoms with E-state index in [0.29, 0.717) is 24.5 Å². The van der Waals surface area contributed by atoms with Crippen molar-refractivity contribution in [2.45, 2.75) is 19.8 Å². The molecule has 0 unspecified atom stereocenters. The Morgan fingerprint density at radius 3 is 2.79 bits per heavy atom. The van der Waals surface area contributed by atoms with Gasteiger partial charge in [0, 0.05) is 44.5 Å². The van der Waals surface area contributed by atoms with Crippen LogP contribution in [0.1, 0.15) is 25.6 Å². The van der Waals surface area contributed by atoms with Crippen LogP contribution in [0.15, 0.2) is 24.4 Å². The van der Waals surface area contributed by atoms with Crippen LogP contribution in [-0.2, 0) is 4.79 Å². The number of anilines is 2. The highest BCUT2D eigenvalue weighted by molar-refractivity contribution is 6.33. The number of H-pyrrole nitrogens is 1. The summed E-state index contributed by atoms with van der Waals surface area (Å²) >= 11 is 6.47. The Labute approximate surface area is 168 Å². The third-order valence-electron chi connectivity index (χ3n) is 4.47. The summed E-state index contributed by atoms with van der Waals surface area (Å²) in [5.41, 5.74) is 1.92. The molecule has 0 saturated carbocycles. The average Bonchev–Trinajstić information content (AvgIpc) is 3.24. The summed E-state index contributed by atoms with van der Waals surface area (Å²) in [6.45, 7) is 4.92. The molecular formula is C18H21ClN8O. The van der Waals surface area contributed by atoms with E-state index in [-0.39, 0.29) is 17.3 Å². The zero-order valence-electron chi connectivity index (χ0n) is 15.5. The molecule has 2 N–H and O–H groups in total. The van der Waals surface area contributed by atoms with Crippen LogP contribution >= 0.6 is 11.6 Å². The predicted molar refractivity (Wildman–Crippen MR) is 107 cm³/mol. The maximum absolute atomic E-state index is 12.0. The molecule has 1 aromatic heterocycles. The number of allylic oxidation sites excluding steroid dienone is 1. The van der Waals surface area contributed by atoms with Crippen molar-refractivity contribution in [2.24, 2.45) is 0 Å².